The van der Waals surface area contributed by atoms with Crippen LogP contribution in [0, 0.1) is 0 Å². The number of nitrogens with zero attached hydrogens (tertiary/aromatic N) is 4. The molecule has 160 valence electrons. The monoisotopic (exact) mass is 442 g/mol. The van der Waals surface area contributed by atoms with Gasteiger partial charge in [-0.25, -0.2) is 0 Å². The van der Waals surface area contributed by atoms with Crippen LogP contribution in [-0.2, 0) is 25.8 Å². The van der Waals surface area contributed by atoms with Crippen LogP contribution < -0.4 is 4.90 Å². The van der Waals surface area contributed by atoms with E-state index < -0.39 is 0 Å². The summed E-state index contributed by atoms with van der Waals surface area (Å²) in [6.45, 7) is 1.51. The van der Waals surface area contributed by atoms with Crippen LogP contribution in [0.5, 0.6) is 0 Å². The Kier molecular flexibility index (Phi) is 4.91. The highest BCUT2D eigenvalue weighted by atomic mass is 35.5. The molecule has 5 nitrogen and oxygen atoms in total. The summed E-state index contributed by atoms with van der Waals surface area (Å²) in [4.78, 5) is 2.21. The van der Waals surface area contributed by atoms with E-state index >= 15 is 0 Å². The molecule has 0 spiro atoms. The molecule has 2 aromatic carbocycles. The number of rotatable bonds is 3. The molecular weight excluding hydrogens is 420 g/mol. The van der Waals surface area contributed by atoms with Gasteiger partial charge < -0.3 is 9.42 Å². The van der Waals surface area contributed by atoms with Crippen molar-refractivity contribution in [2.45, 2.75) is 38.6 Å². The SMILES string of the molecule is Clc1ccc(-c2onc3c2CCN(c2ccc(-c4ccc5c(c4)CCCC5)nn2)C3)cc1. The molecular formula is C26H23ClN4O. The van der Waals surface area contributed by atoms with Crippen molar-refractivity contribution in [2.24, 2.45) is 0 Å². The standard InChI is InChI=1S/C26H23ClN4O/c27-21-9-7-18(8-10-21)26-22-13-14-31(16-24(22)30-32-26)25-12-11-23(28-29-25)20-6-5-17-3-1-2-4-19(17)15-20/h5-12,15H,1-4,13-14,16H2. The maximum atomic E-state index is 6.02. The molecule has 0 radical (unpaired) electrons. The maximum absolute atomic E-state index is 6.02. The van der Waals surface area contributed by atoms with Crippen molar-refractivity contribution in [3.05, 3.63) is 82.0 Å². The van der Waals surface area contributed by atoms with Crippen molar-refractivity contribution in [1.29, 1.82) is 0 Å². The third-order valence-corrected chi connectivity index (χ3v) is 6.82. The quantitative estimate of drug-likeness (QED) is 0.395. The van der Waals surface area contributed by atoms with E-state index in [0.29, 0.717) is 11.6 Å². The van der Waals surface area contributed by atoms with E-state index in [0.717, 1.165) is 47.1 Å². The van der Waals surface area contributed by atoms with Crippen molar-refractivity contribution in [3.8, 4) is 22.6 Å². The molecule has 2 aromatic heterocycles. The van der Waals surface area contributed by atoms with Crippen LogP contribution in [0.2, 0.25) is 5.02 Å². The first-order chi connectivity index (χ1) is 15.7. The Bertz CT molecular complexity index is 1260. The van der Waals surface area contributed by atoms with E-state index in [-0.39, 0.29) is 0 Å². The van der Waals surface area contributed by atoms with Gasteiger partial charge in [0.15, 0.2) is 11.6 Å². The average molecular weight is 443 g/mol. The number of aromatic nitrogens is 3. The summed E-state index contributed by atoms with van der Waals surface area (Å²) in [6, 6.07) is 18.6. The van der Waals surface area contributed by atoms with Gasteiger partial charge in [-0.3, -0.25) is 0 Å². The zero-order chi connectivity index (χ0) is 21.5. The molecule has 0 bridgehead atoms. The third-order valence-electron chi connectivity index (χ3n) is 6.57. The van der Waals surface area contributed by atoms with Crippen molar-refractivity contribution in [1.82, 2.24) is 15.4 Å². The van der Waals surface area contributed by atoms with E-state index in [1.807, 2.05) is 24.3 Å². The molecule has 0 N–H and O–H groups in total. The van der Waals surface area contributed by atoms with Gasteiger partial charge in [0, 0.05) is 28.3 Å². The fourth-order valence-electron chi connectivity index (χ4n) is 4.80. The van der Waals surface area contributed by atoms with Gasteiger partial charge in [-0.2, -0.15) is 0 Å². The minimum Gasteiger partial charge on any atom is -0.356 e. The lowest BCUT2D eigenvalue weighted by Gasteiger charge is -2.26. The summed E-state index contributed by atoms with van der Waals surface area (Å²) in [5, 5.41) is 14.1. The lowest BCUT2D eigenvalue weighted by Crippen LogP contribution is -2.31. The molecule has 0 amide bonds. The van der Waals surface area contributed by atoms with Gasteiger partial charge in [0.2, 0.25) is 0 Å². The largest absolute Gasteiger partial charge is 0.356 e. The second-order valence-electron chi connectivity index (χ2n) is 8.58. The zero-order valence-electron chi connectivity index (χ0n) is 17.7. The minimum absolute atomic E-state index is 0.666. The topological polar surface area (TPSA) is 55.1 Å². The predicted octanol–water partition coefficient (Wildman–Crippen LogP) is 5.89. The lowest BCUT2D eigenvalue weighted by molar-refractivity contribution is 0.423. The van der Waals surface area contributed by atoms with Crippen LogP contribution in [0.25, 0.3) is 22.6 Å². The van der Waals surface area contributed by atoms with Gasteiger partial charge in [-0.05, 0) is 85.7 Å². The first kappa shape index (κ1) is 19.5. The molecule has 32 heavy (non-hydrogen) atoms. The van der Waals surface area contributed by atoms with Gasteiger partial charge in [-0.1, -0.05) is 28.9 Å². The molecule has 2 aliphatic rings. The summed E-state index contributed by atoms with van der Waals surface area (Å²) in [5.41, 5.74) is 8.15. The van der Waals surface area contributed by atoms with Gasteiger partial charge >= 0.3 is 0 Å². The van der Waals surface area contributed by atoms with Crippen LogP contribution in [0.3, 0.4) is 0 Å². The number of anilines is 1. The second-order valence-corrected chi connectivity index (χ2v) is 9.02. The molecule has 0 saturated carbocycles. The first-order valence-electron chi connectivity index (χ1n) is 11.2. The van der Waals surface area contributed by atoms with Gasteiger partial charge in [0.05, 0.1) is 12.2 Å². The molecule has 0 saturated heterocycles. The maximum Gasteiger partial charge on any atom is 0.170 e. The molecule has 1 aliphatic carbocycles. The minimum atomic E-state index is 0.666. The van der Waals surface area contributed by atoms with Crippen LogP contribution in [0.4, 0.5) is 5.82 Å². The predicted molar refractivity (Wildman–Crippen MR) is 126 cm³/mol. The van der Waals surface area contributed by atoms with E-state index in [9.17, 15) is 0 Å². The fraction of sp³-hybridized carbons (Fsp3) is 0.269. The lowest BCUT2D eigenvalue weighted by atomic mass is 9.90. The number of hydrogen-bond donors (Lipinski definition) is 0. The van der Waals surface area contributed by atoms with E-state index in [4.69, 9.17) is 16.1 Å². The Balaban J connectivity index is 1.21. The van der Waals surface area contributed by atoms with Crippen molar-refractivity contribution in [3.63, 3.8) is 0 Å². The highest BCUT2D eigenvalue weighted by Crippen LogP contribution is 2.32. The molecule has 4 aromatic rings. The average Bonchev–Trinajstić information content (AvgIpc) is 3.28. The second kappa shape index (κ2) is 8.06. The molecule has 6 rings (SSSR count). The first-order valence-corrected chi connectivity index (χ1v) is 11.6. The van der Waals surface area contributed by atoms with Crippen LogP contribution in [-0.4, -0.2) is 21.9 Å². The number of halogens is 1. The number of fused-ring (bicyclic) bond motifs is 2. The molecule has 0 atom stereocenters. The summed E-state index contributed by atoms with van der Waals surface area (Å²) in [7, 11) is 0. The summed E-state index contributed by atoms with van der Waals surface area (Å²) >= 11 is 6.02. The van der Waals surface area contributed by atoms with E-state index in [1.165, 1.54) is 42.4 Å². The van der Waals surface area contributed by atoms with E-state index in [2.05, 4.69) is 50.6 Å². The summed E-state index contributed by atoms with van der Waals surface area (Å²) in [5.74, 6) is 1.71. The number of hydrogen-bond acceptors (Lipinski definition) is 5. The highest BCUT2D eigenvalue weighted by molar-refractivity contribution is 6.30. The molecule has 3 heterocycles. The Labute approximate surface area is 192 Å². The van der Waals surface area contributed by atoms with Crippen LogP contribution in [0.1, 0.15) is 35.2 Å². The van der Waals surface area contributed by atoms with E-state index in [1.54, 1.807) is 0 Å². The molecule has 6 heteroatoms. The summed E-state index contributed by atoms with van der Waals surface area (Å²) in [6.07, 6.45) is 5.79. The third kappa shape index (κ3) is 3.56. The molecule has 0 fully saturated rings. The van der Waals surface area contributed by atoms with Crippen LogP contribution in [0.15, 0.2) is 59.1 Å². The molecule has 0 unspecified atom stereocenters. The normalized spacial score (nSPS) is 15.3. The van der Waals surface area contributed by atoms with Gasteiger partial charge in [0.1, 0.15) is 5.69 Å². The Morgan fingerprint density at radius 2 is 1.62 bits per heavy atom. The summed E-state index contributed by atoms with van der Waals surface area (Å²) < 4.78 is 5.69. The van der Waals surface area contributed by atoms with Gasteiger partial charge in [0.25, 0.3) is 0 Å². The Morgan fingerprint density at radius 3 is 2.44 bits per heavy atom. The smallest absolute Gasteiger partial charge is 0.170 e. The molecule has 1 aliphatic heterocycles. The Hall–Kier alpha value is -3.18. The number of benzene rings is 2. The number of aryl methyl sites for hydroxylation is 2. The highest BCUT2D eigenvalue weighted by Gasteiger charge is 2.25. The van der Waals surface area contributed by atoms with Gasteiger partial charge in [-0.15, -0.1) is 10.2 Å². The fourth-order valence-corrected chi connectivity index (χ4v) is 4.92. The van der Waals surface area contributed by atoms with Crippen LogP contribution >= 0.6 is 11.6 Å². The zero-order valence-corrected chi connectivity index (χ0v) is 18.5. The van der Waals surface area contributed by atoms with Crippen molar-refractivity contribution >= 4 is 17.4 Å². The Morgan fingerprint density at radius 1 is 0.812 bits per heavy atom. The van der Waals surface area contributed by atoms with Crippen molar-refractivity contribution < 1.29 is 4.52 Å². The van der Waals surface area contributed by atoms with Crippen molar-refractivity contribution in [2.75, 3.05) is 11.4 Å².